The van der Waals surface area contributed by atoms with Gasteiger partial charge < -0.3 is 10.4 Å². The number of halogens is 3. The minimum absolute atomic E-state index is 0.0370. The van der Waals surface area contributed by atoms with Crippen molar-refractivity contribution in [2.24, 2.45) is 5.92 Å². The molecule has 1 aliphatic rings. The molecular formula is C13H14F3NO2. The Morgan fingerprint density at radius 3 is 2.58 bits per heavy atom. The molecule has 0 aromatic heterocycles. The average molecular weight is 273 g/mol. The highest BCUT2D eigenvalue weighted by Crippen LogP contribution is 2.34. The Balaban J connectivity index is 2.05. The molecule has 6 heteroatoms. The Morgan fingerprint density at radius 1 is 1.37 bits per heavy atom. The van der Waals surface area contributed by atoms with Gasteiger partial charge in [-0.1, -0.05) is 18.2 Å². The van der Waals surface area contributed by atoms with Gasteiger partial charge in [-0.3, -0.25) is 4.79 Å². The number of carbonyl (C=O) groups excluding carboxylic acids is 1. The Morgan fingerprint density at radius 2 is 2.00 bits per heavy atom. The number of alkyl halides is 3. The molecule has 3 nitrogen and oxygen atoms in total. The SMILES string of the molecule is O=C(NCC(O)c1ccccc1C(F)(F)F)C1CC1. The van der Waals surface area contributed by atoms with Crippen LogP contribution in [0.3, 0.4) is 0 Å². The van der Waals surface area contributed by atoms with Crippen molar-refractivity contribution in [1.29, 1.82) is 0 Å². The van der Waals surface area contributed by atoms with Crippen LogP contribution in [0.15, 0.2) is 24.3 Å². The summed E-state index contributed by atoms with van der Waals surface area (Å²) in [6.45, 7) is -0.206. The van der Waals surface area contributed by atoms with Gasteiger partial charge in [-0.25, -0.2) is 0 Å². The molecule has 0 aliphatic heterocycles. The third-order valence-electron chi connectivity index (χ3n) is 3.04. The van der Waals surface area contributed by atoms with E-state index in [0.717, 1.165) is 18.9 Å². The van der Waals surface area contributed by atoms with Crippen molar-refractivity contribution in [2.75, 3.05) is 6.54 Å². The van der Waals surface area contributed by atoms with Crippen molar-refractivity contribution < 1.29 is 23.1 Å². The molecule has 0 heterocycles. The molecule has 1 atom stereocenters. The Hall–Kier alpha value is -1.56. The summed E-state index contributed by atoms with van der Waals surface area (Å²) in [7, 11) is 0. The Labute approximate surface area is 108 Å². The fraction of sp³-hybridized carbons (Fsp3) is 0.462. The number of benzene rings is 1. The number of hydrogen-bond acceptors (Lipinski definition) is 2. The number of carbonyl (C=O) groups is 1. The van der Waals surface area contributed by atoms with Gasteiger partial charge in [-0.2, -0.15) is 13.2 Å². The van der Waals surface area contributed by atoms with Crippen LogP contribution in [-0.4, -0.2) is 17.6 Å². The van der Waals surface area contributed by atoms with Crippen LogP contribution in [0, 0.1) is 5.92 Å². The average Bonchev–Trinajstić information content (AvgIpc) is 3.18. The molecule has 2 rings (SSSR count). The number of amides is 1. The smallest absolute Gasteiger partial charge is 0.387 e. The molecule has 1 amide bonds. The lowest BCUT2D eigenvalue weighted by molar-refractivity contribution is -0.139. The van der Waals surface area contributed by atoms with Crippen molar-refractivity contribution >= 4 is 5.91 Å². The highest BCUT2D eigenvalue weighted by atomic mass is 19.4. The van der Waals surface area contributed by atoms with Crippen LogP contribution in [-0.2, 0) is 11.0 Å². The Bertz CT molecular complexity index is 469. The van der Waals surface area contributed by atoms with Crippen LogP contribution in [0.1, 0.15) is 30.1 Å². The maximum Gasteiger partial charge on any atom is 0.416 e. The summed E-state index contributed by atoms with van der Waals surface area (Å²) in [5, 5.41) is 12.3. The van der Waals surface area contributed by atoms with Crippen LogP contribution >= 0.6 is 0 Å². The van der Waals surface area contributed by atoms with Gasteiger partial charge in [0, 0.05) is 12.5 Å². The first-order valence-corrected chi connectivity index (χ1v) is 6.01. The van der Waals surface area contributed by atoms with E-state index in [1.54, 1.807) is 0 Å². The molecule has 0 bridgehead atoms. The van der Waals surface area contributed by atoms with Crippen molar-refractivity contribution in [3.63, 3.8) is 0 Å². The van der Waals surface area contributed by atoms with Crippen molar-refractivity contribution in [3.05, 3.63) is 35.4 Å². The third-order valence-corrected chi connectivity index (χ3v) is 3.04. The largest absolute Gasteiger partial charge is 0.416 e. The summed E-state index contributed by atoms with van der Waals surface area (Å²) < 4.78 is 38.2. The molecule has 1 saturated carbocycles. The minimum Gasteiger partial charge on any atom is -0.387 e. The van der Waals surface area contributed by atoms with Crippen LogP contribution in [0.5, 0.6) is 0 Å². The molecular weight excluding hydrogens is 259 g/mol. The number of aliphatic hydroxyl groups excluding tert-OH is 1. The normalized spacial score (nSPS) is 17.1. The van der Waals surface area contributed by atoms with E-state index in [-0.39, 0.29) is 23.9 Å². The lowest BCUT2D eigenvalue weighted by Crippen LogP contribution is -2.30. The van der Waals surface area contributed by atoms with Crippen LogP contribution in [0.2, 0.25) is 0 Å². The first-order chi connectivity index (χ1) is 8.89. The molecule has 0 spiro atoms. The molecule has 19 heavy (non-hydrogen) atoms. The monoisotopic (exact) mass is 273 g/mol. The fourth-order valence-electron chi connectivity index (χ4n) is 1.84. The molecule has 1 aliphatic carbocycles. The zero-order valence-corrected chi connectivity index (χ0v) is 10.1. The van der Waals surface area contributed by atoms with Crippen molar-refractivity contribution in [1.82, 2.24) is 5.32 Å². The maximum atomic E-state index is 12.7. The van der Waals surface area contributed by atoms with E-state index in [1.165, 1.54) is 18.2 Å². The van der Waals surface area contributed by atoms with E-state index in [2.05, 4.69) is 5.32 Å². The topological polar surface area (TPSA) is 49.3 Å². The lowest BCUT2D eigenvalue weighted by Gasteiger charge is -2.17. The second-order valence-corrected chi connectivity index (χ2v) is 4.62. The van der Waals surface area contributed by atoms with E-state index in [9.17, 15) is 23.1 Å². The maximum absolute atomic E-state index is 12.7. The van der Waals surface area contributed by atoms with Gasteiger partial charge in [0.15, 0.2) is 0 Å². The number of hydrogen-bond donors (Lipinski definition) is 2. The van der Waals surface area contributed by atoms with Gasteiger partial charge in [0.2, 0.25) is 5.91 Å². The summed E-state index contributed by atoms with van der Waals surface area (Å²) in [6, 6.07) is 4.83. The molecule has 0 radical (unpaired) electrons. The molecule has 104 valence electrons. The first-order valence-electron chi connectivity index (χ1n) is 6.01. The summed E-state index contributed by atoms with van der Waals surface area (Å²) >= 11 is 0. The van der Waals surface area contributed by atoms with Crippen molar-refractivity contribution in [3.8, 4) is 0 Å². The highest BCUT2D eigenvalue weighted by Gasteiger charge is 2.35. The molecule has 0 saturated heterocycles. The van der Waals surface area contributed by atoms with E-state index in [1.807, 2.05) is 0 Å². The first kappa shape index (κ1) is 13.9. The van der Waals surface area contributed by atoms with Gasteiger partial charge in [0.25, 0.3) is 0 Å². The van der Waals surface area contributed by atoms with Gasteiger partial charge in [-0.15, -0.1) is 0 Å². The standard InChI is InChI=1S/C13H14F3NO2/c14-13(15,16)10-4-2-1-3-9(10)11(18)7-17-12(19)8-5-6-8/h1-4,8,11,18H,5-7H2,(H,17,19). The predicted molar refractivity (Wildman–Crippen MR) is 62.1 cm³/mol. The molecule has 2 N–H and O–H groups in total. The van der Waals surface area contributed by atoms with Gasteiger partial charge in [-0.05, 0) is 24.5 Å². The van der Waals surface area contributed by atoms with E-state index in [4.69, 9.17) is 0 Å². The van der Waals surface area contributed by atoms with Gasteiger partial charge >= 0.3 is 6.18 Å². The zero-order chi connectivity index (χ0) is 14.0. The molecule has 1 aromatic carbocycles. The van der Waals surface area contributed by atoms with E-state index >= 15 is 0 Å². The molecule has 1 fully saturated rings. The quantitative estimate of drug-likeness (QED) is 0.884. The van der Waals surface area contributed by atoms with Crippen LogP contribution in [0.4, 0.5) is 13.2 Å². The summed E-state index contributed by atoms with van der Waals surface area (Å²) in [5.74, 6) is -0.242. The van der Waals surface area contributed by atoms with Crippen molar-refractivity contribution in [2.45, 2.75) is 25.1 Å². The Kier molecular flexibility index (Phi) is 3.80. The number of rotatable bonds is 4. The highest BCUT2D eigenvalue weighted by molar-refractivity contribution is 5.80. The van der Waals surface area contributed by atoms with E-state index in [0.29, 0.717) is 0 Å². The number of aliphatic hydroxyl groups is 1. The predicted octanol–water partition coefficient (Wildman–Crippen LogP) is 2.26. The third kappa shape index (κ3) is 3.47. The molecule has 1 unspecified atom stereocenters. The second-order valence-electron chi connectivity index (χ2n) is 4.62. The number of nitrogens with one attached hydrogen (secondary N) is 1. The molecule has 1 aromatic rings. The van der Waals surface area contributed by atoms with Crippen LogP contribution < -0.4 is 5.32 Å². The summed E-state index contributed by atoms with van der Waals surface area (Å²) in [6.07, 6.45) is -4.26. The minimum atomic E-state index is -4.52. The summed E-state index contributed by atoms with van der Waals surface area (Å²) in [5.41, 5.74) is -1.09. The van der Waals surface area contributed by atoms with Crippen LogP contribution in [0.25, 0.3) is 0 Å². The van der Waals surface area contributed by atoms with Gasteiger partial charge in [0.1, 0.15) is 0 Å². The lowest BCUT2D eigenvalue weighted by atomic mass is 10.0. The second kappa shape index (κ2) is 5.21. The summed E-state index contributed by atoms with van der Waals surface area (Å²) in [4.78, 5) is 11.4. The fourth-order valence-corrected chi connectivity index (χ4v) is 1.84. The van der Waals surface area contributed by atoms with E-state index < -0.39 is 17.8 Å². The van der Waals surface area contributed by atoms with Gasteiger partial charge in [0.05, 0.1) is 11.7 Å². The zero-order valence-electron chi connectivity index (χ0n) is 10.1.